The third kappa shape index (κ3) is 5.38. The second kappa shape index (κ2) is 9.93. The largest absolute Gasteiger partial charge is 0.493 e. The number of benzene rings is 2. The predicted octanol–water partition coefficient (Wildman–Crippen LogP) is 0.633. The fourth-order valence-electron chi connectivity index (χ4n) is 3.52. The van der Waals surface area contributed by atoms with Gasteiger partial charge < -0.3 is 24.6 Å². The lowest BCUT2D eigenvalue weighted by atomic mass is 10.2. The Morgan fingerprint density at radius 3 is 2.37 bits per heavy atom. The number of methoxy groups -OCH3 is 2. The monoisotopic (exact) mass is 415 g/mol. The van der Waals surface area contributed by atoms with E-state index in [4.69, 9.17) is 9.47 Å². The van der Waals surface area contributed by atoms with Crippen LogP contribution >= 0.6 is 0 Å². The first-order chi connectivity index (χ1) is 14.5. The molecule has 0 aromatic heterocycles. The lowest BCUT2D eigenvalue weighted by molar-refractivity contribution is -0.892. The van der Waals surface area contributed by atoms with Gasteiger partial charge in [0.15, 0.2) is 18.0 Å². The van der Waals surface area contributed by atoms with Gasteiger partial charge in [-0.1, -0.05) is 6.07 Å². The molecule has 2 aromatic carbocycles. The maximum atomic E-state index is 12.3. The summed E-state index contributed by atoms with van der Waals surface area (Å²) in [5.41, 5.74) is 2.01. The summed E-state index contributed by atoms with van der Waals surface area (Å²) >= 11 is 0. The molecule has 0 bridgehead atoms. The van der Waals surface area contributed by atoms with Gasteiger partial charge in [-0.2, -0.15) is 0 Å². The predicted molar refractivity (Wildman–Crippen MR) is 112 cm³/mol. The number of non-ortho nitro benzene ring substituents is 1. The fraction of sp³-hybridized carbons (Fsp3) is 0.381. The van der Waals surface area contributed by atoms with E-state index in [-0.39, 0.29) is 11.6 Å². The minimum Gasteiger partial charge on any atom is -0.493 e. The van der Waals surface area contributed by atoms with Crippen molar-refractivity contribution in [1.82, 2.24) is 5.32 Å². The maximum Gasteiger partial charge on any atom is 0.275 e. The van der Waals surface area contributed by atoms with E-state index in [0.717, 1.165) is 37.4 Å². The Hall–Kier alpha value is -3.33. The molecule has 0 radical (unpaired) electrons. The van der Waals surface area contributed by atoms with Gasteiger partial charge in [-0.05, 0) is 29.8 Å². The number of quaternary nitrogens is 1. The topological polar surface area (TPSA) is 98.4 Å². The molecule has 2 N–H and O–H groups in total. The van der Waals surface area contributed by atoms with E-state index >= 15 is 0 Å². The third-order valence-electron chi connectivity index (χ3n) is 5.24. The van der Waals surface area contributed by atoms with Crippen LogP contribution in [0.15, 0.2) is 42.5 Å². The Morgan fingerprint density at radius 2 is 1.77 bits per heavy atom. The van der Waals surface area contributed by atoms with Crippen LogP contribution in [0.25, 0.3) is 0 Å². The van der Waals surface area contributed by atoms with E-state index < -0.39 is 4.92 Å². The molecule has 0 unspecified atom stereocenters. The van der Waals surface area contributed by atoms with Crippen LogP contribution in [0.1, 0.15) is 5.56 Å². The summed E-state index contributed by atoms with van der Waals surface area (Å²) in [4.78, 5) is 26.1. The van der Waals surface area contributed by atoms with Crippen LogP contribution < -0.4 is 24.6 Å². The highest BCUT2D eigenvalue weighted by Crippen LogP contribution is 2.27. The number of rotatable bonds is 8. The average Bonchev–Trinajstić information content (AvgIpc) is 2.78. The van der Waals surface area contributed by atoms with E-state index in [9.17, 15) is 14.9 Å². The molecule has 1 amide bonds. The van der Waals surface area contributed by atoms with Crippen molar-refractivity contribution in [3.63, 3.8) is 0 Å². The Balaban J connectivity index is 1.44. The molecule has 1 saturated heterocycles. The van der Waals surface area contributed by atoms with Crippen molar-refractivity contribution < 1.29 is 24.1 Å². The van der Waals surface area contributed by atoms with E-state index in [1.165, 1.54) is 17.0 Å². The molecule has 9 heteroatoms. The number of nitro benzene ring substituents is 1. The third-order valence-corrected chi connectivity index (χ3v) is 5.24. The van der Waals surface area contributed by atoms with Crippen LogP contribution in [0.5, 0.6) is 11.5 Å². The maximum absolute atomic E-state index is 12.3. The molecular formula is C21H27N4O5+. The Labute approximate surface area is 175 Å². The summed E-state index contributed by atoms with van der Waals surface area (Å²) in [6.45, 7) is 4.12. The van der Waals surface area contributed by atoms with Crippen LogP contribution in [-0.4, -0.2) is 57.8 Å². The second-order valence-electron chi connectivity index (χ2n) is 7.15. The van der Waals surface area contributed by atoms with Crippen LogP contribution in [0, 0.1) is 10.1 Å². The number of hydrogen-bond donors (Lipinski definition) is 2. The van der Waals surface area contributed by atoms with Gasteiger partial charge in [0.05, 0.1) is 45.3 Å². The van der Waals surface area contributed by atoms with Crippen LogP contribution in [0.4, 0.5) is 11.4 Å². The lowest BCUT2D eigenvalue weighted by Gasteiger charge is -2.33. The number of ether oxygens (including phenoxy) is 2. The molecule has 1 heterocycles. The summed E-state index contributed by atoms with van der Waals surface area (Å²) in [6.07, 6.45) is 0. The van der Waals surface area contributed by atoms with Gasteiger partial charge in [0, 0.05) is 24.4 Å². The van der Waals surface area contributed by atoms with Gasteiger partial charge in [0.1, 0.15) is 0 Å². The van der Waals surface area contributed by atoms with Gasteiger partial charge in [-0.3, -0.25) is 14.9 Å². The van der Waals surface area contributed by atoms with Gasteiger partial charge in [0.25, 0.3) is 11.6 Å². The number of piperazine rings is 1. The normalized spacial score (nSPS) is 14.3. The fourth-order valence-corrected chi connectivity index (χ4v) is 3.52. The molecule has 9 nitrogen and oxygen atoms in total. The lowest BCUT2D eigenvalue weighted by Crippen LogP contribution is -3.15. The molecule has 30 heavy (non-hydrogen) atoms. The van der Waals surface area contributed by atoms with Crippen molar-refractivity contribution in [2.24, 2.45) is 0 Å². The summed E-state index contributed by atoms with van der Waals surface area (Å²) in [7, 11) is 3.17. The van der Waals surface area contributed by atoms with Crippen molar-refractivity contribution in [3.8, 4) is 11.5 Å². The zero-order valence-corrected chi connectivity index (χ0v) is 17.2. The van der Waals surface area contributed by atoms with Gasteiger partial charge in [0.2, 0.25) is 0 Å². The Kier molecular flexibility index (Phi) is 7.08. The highest BCUT2D eigenvalue weighted by atomic mass is 16.6. The quantitative estimate of drug-likeness (QED) is 0.485. The van der Waals surface area contributed by atoms with Crippen molar-refractivity contribution in [2.45, 2.75) is 6.54 Å². The summed E-state index contributed by atoms with van der Waals surface area (Å²) in [6, 6.07) is 12.2. The van der Waals surface area contributed by atoms with Crippen LogP contribution in [-0.2, 0) is 11.3 Å². The summed E-state index contributed by atoms with van der Waals surface area (Å²) in [5.74, 6) is 1.30. The van der Waals surface area contributed by atoms with Crippen molar-refractivity contribution >= 4 is 17.3 Å². The number of nitrogens with one attached hydrogen (secondary N) is 2. The van der Waals surface area contributed by atoms with Crippen LogP contribution in [0.2, 0.25) is 0 Å². The number of nitro groups is 1. The first-order valence-electron chi connectivity index (χ1n) is 9.80. The highest BCUT2D eigenvalue weighted by Gasteiger charge is 2.22. The molecule has 3 rings (SSSR count). The number of hydrogen-bond acceptors (Lipinski definition) is 6. The number of carbonyl (C=O) groups is 1. The summed E-state index contributed by atoms with van der Waals surface area (Å²) < 4.78 is 10.5. The van der Waals surface area contributed by atoms with Gasteiger partial charge in [-0.15, -0.1) is 0 Å². The van der Waals surface area contributed by atoms with Gasteiger partial charge >= 0.3 is 0 Å². The zero-order chi connectivity index (χ0) is 21.5. The minimum atomic E-state index is -0.396. The average molecular weight is 415 g/mol. The first kappa shape index (κ1) is 21.4. The number of nitrogens with zero attached hydrogens (tertiary/aromatic N) is 2. The van der Waals surface area contributed by atoms with E-state index in [2.05, 4.69) is 10.2 Å². The SMILES string of the molecule is COc1ccc(CNC(=O)C[NH+]2CCN(c3ccc([N+](=O)[O-])cc3)CC2)cc1OC. The molecule has 0 aliphatic carbocycles. The van der Waals surface area contributed by atoms with Crippen molar-refractivity contribution in [1.29, 1.82) is 0 Å². The summed E-state index contributed by atoms with van der Waals surface area (Å²) in [5, 5.41) is 13.7. The molecule has 0 spiro atoms. The zero-order valence-electron chi connectivity index (χ0n) is 17.2. The van der Waals surface area contributed by atoms with E-state index in [1.807, 2.05) is 18.2 Å². The number of amides is 1. The van der Waals surface area contributed by atoms with E-state index in [0.29, 0.717) is 24.6 Å². The standard InChI is InChI=1S/C21H26N4O5/c1-29-19-8-3-16(13-20(19)30-2)14-22-21(26)15-23-9-11-24(12-10-23)17-4-6-18(7-5-17)25(27)28/h3-8,13H,9-12,14-15H2,1-2H3,(H,22,26)/p+1. The number of anilines is 1. The Morgan fingerprint density at radius 1 is 1.10 bits per heavy atom. The van der Waals surface area contributed by atoms with Crippen LogP contribution in [0.3, 0.4) is 0 Å². The first-order valence-corrected chi connectivity index (χ1v) is 9.80. The molecule has 1 aliphatic heterocycles. The molecule has 160 valence electrons. The smallest absolute Gasteiger partial charge is 0.275 e. The number of carbonyl (C=O) groups excluding carboxylic acids is 1. The molecular weight excluding hydrogens is 388 g/mol. The van der Waals surface area contributed by atoms with E-state index in [1.54, 1.807) is 26.4 Å². The van der Waals surface area contributed by atoms with Crippen molar-refractivity contribution in [3.05, 3.63) is 58.1 Å². The molecule has 1 aliphatic rings. The highest BCUT2D eigenvalue weighted by molar-refractivity contribution is 5.76. The second-order valence-corrected chi connectivity index (χ2v) is 7.15. The molecule has 0 saturated carbocycles. The van der Waals surface area contributed by atoms with Crippen molar-refractivity contribution in [2.75, 3.05) is 51.8 Å². The molecule has 0 atom stereocenters. The minimum absolute atomic E-state index is 0.00331. The Bertz CT molecular complexity index is 879. The molecule has 1 fully saturated rings. The molecule has 2 aromatic rings. The van der Waals surface area contributed by atoms with Gasteiger partial charge in [-0.25, -0.2) is 0 Å².